The van der Waals surface area contributed by atoms with Crippen LogP contribution in [-0.2, 0) is 4.79 Å². The molecule has 0 radical (unpaired) electrons. The molecule has 3 nitrogen and oxygen atoms in total. The van der Waals surface area contributed by atoms with Gasteiger partial charge in [0.25, 0.3) is 0 Å². The normalized spacial score (nSPS) is 28.2. The Kier molecular flexibility index (Phi) is 4.22. The first-order valence-corrected chi connectivity index (χ1v) is 6.76. The number of piperidine rings is 1. The molecule has 0 aromatic carbocycles. The standard InChI is InChI=1S/C13H24N2O/c1-10(11-4-3-7-14-9-11)8-13(16)15-12-5-2-6-12/h10-12,14H,2-9H2,1H3,(H,15,16). The van der Waals surface area contributed by atoms with Gasteiger partial charge in [0.05, 0.1) is 0 Å². The highest BCUT2D eigenvalue weighted by Gasteiger charge is 2.24. The van der Waals surface area contributed by atoms with Crippen LogP contribution in [0.4, 0.5) is 0 Å². The molecular weight excluding hydrogens is 200 g/mol. The summed E-state index contributed by atoms with van der Waals surface area (Å²) in [5.74, 6) is 1.48. The molecule has 1 heterocycles. The third-order valence-corrected chi connectivity index (χ3v) is 4.12. The van der Waals surface area contributed by atoms with Crippen molar-refractivity contribution in [3.05, 3.63) is 0 Å². The maximum atomic E-state index is 11.8. The predicted octanol–water partition coefficient (Wildman–Crippen LogP) is 1.68. The van der Waals surface area contributed by atoms with Crippen LogP contribution < -0.4 is 10.6 Å². The zero-order valence-electron chi connectivity index (χ0n) is 10.3. The van der Waals surface area contributed by atoms with Crippen molar-refractivity contribution in [2.24, 2.45) is 11.8 Å². The van der Waals surface area contributed by atoms with E-state index < -0.39 is 0 Å². The predicted molar refractivity (Wildman–Crippen MR) is 65.2 cm³/mol. The highest BCUT2D eigenvalue weighted by molar-refractivity contribution is 5.76. The van der Waals surface area contributed by atoms with Crippen LogP contribution in [0.5, 0.6) is 0 Å². The second-order valence-electron chi connectivity index (χ2n) is 5.48. The minimum Gasteiger partial charge on any atom is -0.353 e. The molecule has 2 atom stereocenters. The van der Waals surface area contributed by atoms with E-state index >= 15 is 0 Å². The zero-order chi connectivity index (χ0) is 11.4. The molecular formula is C13H24N2O. The lowest BCUT2D eigenvalue weighted by atomic mass is 9.85. The SMILES string of the molecule is CC(CC(=O)NC1CCC1)C1CCCNC1. The molecule has 1 saturated heterocycles. The van der Waals surface area contributed by atoms with Gasteiger partial charge in [-0.05, 0) is 57.0 Å². The van der Waals surface area contributed by atoms with Gasteiger partial charge >= 0.3 is 0 Å². The van der Waals surface area contributed by atoms with E-state index in [-0.39, 0.29) is 5.91 Å². The number of carbonyl (C=O) groups is 1. The molecule has 3 heteroatoms. The molecule has 2 rings (SSSR count). The van der Waals surface area contributed by atoms with Gasteiger partial charge < -0.3 is 10.6 Å². The molecule has 0 aromatic heterocycles. The van der Waals surface area contributed by atoms with Gasteiger partial charge in [-0.1, -0.05) is 6.92 Å². The van der Waals surface area contributed by atoms with Crippen LogP contribution in [0.25, 0.3) is 0 Å². The number of rotatable bonds is 4. The number of nitrogens with one attached hydrogen (secondary N) is 2. The van der Waals surface area contributed by atoms with E-state index in [4.69, 9.17) is 0 Å². The van der Waals surface area contributed by atoms with E-state index in [9.17, 15) is 4.79 Å². The number of hydrogen-bond donors (Lipinski definition) is 2. The maximum absolute atomic E-state index is 11.8. The summed E-state index contributed by atoms with van der Waals surface area (Å²) in [6, 6.07) is 0.490. The highest BCUT2D eigenvalue weighted by atomic mass is 16.1. The molecule has 2 fully saturated rings. The molecule has 0 bridgehead atoms. The maximum Gasteiger partial charge on any atom is 0.220 e. The Morgan fingerprint density at radius 3 is 2.75 bits per heavy atom. The molecule has 92 valence electrons. The Hall–Kier alpha value is -0.570. The third kappa shape index (κ3) is 3.21. The van der Waals surface area contributed by atoms with Crippen molar-refractivity contribution in [1.82, 2.24) is 10.6 Å². The van der Waals surface area contributed by atoms with Crippen LogP contribution in [0.3, 0.4) is 0 Å². The fraction of sp³-hybridized carbons (Fsp3) is 0.923. The highest BCUT2D eigenvalue weighted by Crippen LogP contribution is 2.23. The van der Waals surface area contributed by atoms with Gasteiger partial charge in [0.15, 0.2) is 0 Å². The van der Waals surface area contributed by atoms with Gasteiger partial charge in [0.1, 0.15) is 0 Å². The van der Waals surface area contributed by atoms with Crippen molar-refractivity contribution < 1.29 is 4.79 Å². The van der Waals surface area contributed by atoms with Crippen LogP contribution in [0, 0.1) is 11.8 Å². The minimum atomic E-state index is 0.266. The second-order valence-corrected chi connectivity index (χ2v) is 5.48. The fourth-order valence-corrected chi connectivity index (χ4v) is 2.66. The van der Waals surface area contributed by atoms with Gasteiger partial charge in [-0.2, -0.15) is 0 Å². The summed E-state index contributed by atoms with van der Waals surface area (Å²) in [6.07, 6.45) is 6.91. The van der Waals surface area contributed by atoms with Crippen molar-refractivity contribution in [1.29, 1.82) is 0 Å². The Balaban J connectivity index is 1.68. The summed E-state index contributed by atoms with van der Waals surface area (Å²) >= 11 is 0. The van der Waals surface area contributed by atoms with Crippen molar-refractivity contribution in [3.8, 4) is 0 Å². The first kappa shape index (κ1) is 11.9. The van der Waals surface area contributed by atoms with Crippen molar-refractivity contribution >= 4 is 5.91 Å². The molecule has 1 aliphatic carbocycles. The van der Waals surface area contributed by atoms with Crippen LogP contribution >= 0.6 is 0 Å². The molecule has 0 aromatic rings. The molecule has 1 saturated carbocycles. The van der Waals surface area contributed by atoms with Crippen LogP contribution in [0.2, 0.25) is 0 Å². The molecule has 2 aliphatic rings. The zero-order valence-corrected chi connectivity index (χ0v) is 10.3. The molecule has 2 unspecified atom stereocenters. The van der Waals surface area contributed by atoms with Crippen LogP contribution in [0.1, 0.15) is 45.4 Å². The lowest BCUT2D eigenvalue weighted by molar-refractivity contribution is -0.123. The summed E-state index contributed by atoms with van der Waals surface area (Å²) < 4.78 is 0. The van der Waals surface area contributed by atoms with E-state index in [0.29, 0.717) is 24.3 Å². The van der Waals surface area contributed by atoms with E-state index in [1.54, 1.807) is 0 Å². The van der Waals surface area contributed by atoms with Crippen molar-refractivity contribution in [2.75, 3.05) is 13.1 Å². The Morgan fingerprint density at radius 2 is 2.19 bits per heavy atom. The quantitative estimate of drug-likeness (QED) is 0.763. The molecule has 1 amide bonds. The monoisotopic (exact) mass is 224 g/mol. The summed E-state index contributed by atoms with van der Waals surface area (Å²) in [6.45, 7) is 4.47. The topological polar surface area (TPSA) is 41.1 Å². The minimum absolute atomic E-state index is 0.266. The Labute approximate surface area is 98.4 Å². The lowest BCUT2D eigenvalue weighted by Crippen LogP contribution is -2.41. The Morgan fingerprint density at radius 1 is 1.38 bits per heavy atom. The van der Waals surface area contributed by atoms with Gasteiger partial charge in [0, 0.05) is 12.5 Å². The first-order chi connectivity index (χ1) is 7.75. The van der Waals surface area contributed by atoms with Gasteiger partial charge in [-0.3, -0.25) is 4.79 Å². The summed E-state index contributed by atoms with van der Waals surface area (Å²) in [7, 11) is 0. The summed E-state index contributed by atoms with van der Waals surface area (Å²) in [5, 5.41) is 6.55. The van der Waals surface area contributed by atoms with Gasteiger partial charge in [-0.25, -0.2) is 0 Å². The molecule has 0 spiro atoms. The number of hydrogen-bond acceptors (Lipinski definition) is 2. The summed E-state index contributed by atoms with van der Waals surface area (Å²) in [5.41, 5.74) is 0. The molecule has 16 heavy (non-hydrogen) atoms. The molecule has 2 N–H and O–H groups in total. The third-order valence-electron chi connectivity index (χ3n) is 4.12. The lowest BCUT2D eigenvalue weighted by Gasteiger charge is -2.30. The average Bonchev–Trinajstić information content (AvgIpc) is 2.25. The van der Waals surface area contributed by atoms with E-state index in [0.717, 1.165) is 13.1 Å². The van der Waals surface area contributed by atoms with Crippen molar-refractivity contribution in [3.63, 3.8) is 0 Å². The van der Waals surface area contributed by atoms with Crippen molar-refractivity contribution in [2.45, 2.75) is 51.5 Å². The largest absolute Gasteiger partial charge is 0.353 e. The first-order valence-electron chi connectivity index (χ1n) is 6.76. The fourth-order valence-electron chi connectivity index (χ4n) is 2.66. The molecule has 1 aliphatic heterocycles. The second kappa shape index (κ2) is 5.67. The average molecular weight is 224 g/mol. The number of amides is 1. The van der Waals surface area contributed by atoms with E-state index in [2.05, 4.69) is 17.6 Å². The summed E-state index contributed by atoms with van der Waals surface area (Å²) in [4.78, 5) is 11.8. The smallest absolute Gasteiger partial charge is 0.220 e. The van der Waals surface area contributed by atoms with Crippen LogP contribution in [0.15, 0.2) is 0 Å². The van der Waals surface area contributed by atoms with Crippen LogP contribution in [-0.4, -0.2) is 25.0 Å². The van der Waals surface area contributed by atoms with E-state index in [1.807, 2.05) is 0 Å². The van der Waals surface area contributed by atoms with Gasteiger partial charge in [-0.15, -0.1) is 0 Å². The van der Waals surface area contributed by atoms with E-state index in [1.165, 1.54) is 32.1 Å². The number of carbonyl (C=O) groups excluding carboxylic acids is 1. The van der Waals surface area contributed by atoms with Gasteiger partial charge in [0.2, 0.25) is 5.91 Å². The Bertz CT molecular complexity index is 232.